The molecule has 17 heteroatoms. The van der Waals surface area contributed by atoms with Crippen molar-refractivity contribution in [3.8, 4) is 0 Å². The summed E-state index contributed by atoms with van der Waals surface area (Å²) in [5, 5.41) is 38.2. The SMILES string of the molecule is CCc1ccc(N=Nc2nc3c(=O)[nH]c(N)nc3n2[C@@H]2O[C@H](CO)[C@@H](O)[C@H]2O)cc1.O=P(O)(O)O. The summed E-state index contributed by atoms with van der Waals surface area (Å²) < 4.78 is 15.7. The Hall–Kier alpha value is -3.08. The number of H-pyrrole nitrogens is 1. The normalized spacial score (nSPS) is 22.5. The van der Waals surface area contributed by atoms with Crippen molar-refractivity contribution in [2.45, 2.75) is 37.9 Å². The zero-order valence-electron chi connectivity index (χ0n) is 18.2. The van der Waals surface area contributed by atoms with Gasteiger partial charge in [0.2, 0.25) is 5.95 Å². The summed E-state index contributed by atoms with van der Waals surface area (Å²) in [4.78, 5) is 44.4. The van der Waals surface area contributed by atoms with Crippen LogP contribution in [0.4, 0.5) is 17.6 Å². The molecule has 4 rings (SSSR count). The first kappa shape index (κ1) is 26.5. The maximum absolute atomic E-state index is 12.3. The fraction of sp³-hybridized carbons (Fsp3) is 0.389. The van der Waals surface area contributed by atoms with E-state index in [0.717, 1.165) is 12.0 Å². The second kappa shape index (κ2) is 10.7. The van der Waals surface area contributed by atoms with Crippen LogP contribution in [0.2, 0.25) is 0 Å². The Morgan fingerprint density at radius 2 is 1.77 bits per heavy atom. The van der Waals surface area contributed by atoms with E-state index in [4.69, 9.17) is 29.7 Å². The molecule has 190 valence electrons. The molecule has 35 heavy (non-hydrogen) atoms. The molecule has 9 N–H and O–H groups in total. The van der Waals surface area contributed by atoms with E-state index in [-0.39, 0.29) is 23.1 Å². The third-order valence-corrected chi connectivity index (χ3v) is 4.92. The number of aryl methyl sites for hydroxylation is 1. The number of ether oxygens (including phenoxy) is 1. The molecule has 0 radical (unpaired) electrons. The highest BCUT2D eigenvalue weighted by atomic mass is 31.2. The van der Waals surface area contributed by atoms with E-state index in [1.54, 1.807) is 12.1 Å². The Bertz CT molecular complexity index is 1300. The summed E-state index contributed by atoms with van der Waals surface area (Å²) in [7, 11) is -4.64. The number of benzene rings is 1. The lowest BCUT2D eigenvalue weighted by atomic mass is 10.1. The first-order valence-electron chi connectivity index (χ1n) is 10.1. The highest BCUT2D eigenvalue weighted by Crippen LogP contribution is 2.35. The van der Waals surface area contributed by atoms with Crippen LogP contribution in [0.25, 0.3) is 11.2 Å². The van der Waals surface area contributed by atoms with Crippen molar-refractivity contribution in [2.75, 3.05) is 12.3 Å². The average molecular weight is 513 g/mol. The molecule has 1 saturated heterocycles. The molecule has 0 aliphatic carbocycles. The van der Waals surface area contributed by atoms with Gasteiger partial charge in [-0.1, -0.05) is 19.1 Å². The van der Waals surface area contributed by atoms with Gasteiger partial charge >= 0.3 is 7.82 Å². The number of aromatic nitrogens is 4. The van der Waals surface area contributed by atoms with Gasteiger partial charge in [0.15, 0.2) is 17.4 Å². The van der Waals surface area contributed by atoms with Crippen molar-refractivity contribution < 1.29 is 39.3 Å². The molecule has 1 fully saturated rings. The zero-order valence-corrected chi connectivity index (χ0v) is 19.1. The van der Waals surface area contributed by atoms with Crippen LogP contribution in [0.15, 0.2) is 39.3 Å². The summed E-state index contributed by atoms with van der Waals surface area (Å²) in [6, 6.07) is 7.39. The first-order chi connectivity index (χ1) is 16.4. The van der Waals surface area contributed by atoms with Crippen molar-refractivity contribution in [1.82, 2.24) is 19.5 Å². The van der Waals surface area contributed by atoms with Gasteiger partial charge in [0.05, 0.1) is 12.3 Å². The highest BCUT2D eigenvalue weighted by Gasteiger charge is 2.45. The number of anilines is 1. The molecule has 0 unspecified atom stereocenters. The fourth-order valence-electron chi connectivity index (χ4n) is 3.29. The monoisotopic (exact) mass is 513 g/mol. The number of nitrogens with zero attached hydrogens (tertiary/aromatic N) is 5. The number of phosphoric acid groups is 1. The minimum Gasteiger partial charge on any atom is -0.394 e. The number of nitrogens with one attached hydrogen (secondary N) is 1. The predicted molar refractivity (Wildman–Crippen MR) is 120 cm³/mol. The van der Waals surface area contributed by atoms with E-state index in [1.165, 1.54) is 4.57 Å². The Morgan fingerprint density at radius 3 is 2.31 bits per heavy atom. The van der Waals surface area contributed by atoms with Crippen molar-refractivity contribution >= 4 is 36.6 Å². The molecule has 0 amide bonds. The smallest absolute Gasteiger partial charge is 0.394 e. The van der Waals surface area contributed by atoms with E-state index in [0.29, 0.717) is 5.69 Å². The second-order valence-corrected chi connectivity index (χ2v) is 8.39. The summed E-state index contributed by atoms with van der Waals surface area (Å²) in [6.07, 6.45) is -4.16. The number of aliphatic hydroxyl groups is 3. The van der Waals surface area contributed by atoms with Crippen LogP contribution < -0.4 is 11.3 Å². The Labute approximate surface area is 196 Å². The average Bonchev–Trinajstić information content (AvgIpc) is 3.28. The van der Waals surface area contributed by atoms with Crippen molar-refractivity contribution in [3.05, 3.63) is 40.2 Å². The fourth-order valence-corrected chi connectivity index (χ4v) is 3.29. The topological polar surface area (TPSA) is 262 Å². The van der Waals surface area contributed by atoms with Crippen LogP contribution in [-0.2, 0) is 15.7 Å². The number of rotatable bonds is 5. The number of nitrogen functional groups attached to an aromatic ring is 1. The van der Waals surface area contributed by atoms with Gasteiger partial charge in [0.25, 0.3) is 11.5 Å². The molecule has 0 spiro atoms. The van der Waals surface area contributed by atoms with E-state index in [1.807, 2.05) is 19.1 Å². The molecule has 3 aromatic rings. The molecule has 1 aromatic carbocycles. The lowest BCUT2D eigenvalue weighted by molar-refractivity contribution is -0.0503. The number of aromatic amines is 1. The molecule has 3 heterocycles. The first-order valence-corrected chi connectivity index (χ1v) is 11.7. The van der Waals surface area contributed by atoms with E-state index < -0.39 is 44.5 Å². The van der Waals surface area contributed by atoms with Gasteiger partial charge in [0.1, 0.15) is 18.3 Å². The number of hydrogen-bond acceptors (Lipinski definition) is 11. The summed E-state index contributed by atoms with van der Waals surface area (Å²) >= 11 is 0. The number of azo groups is 1. The van der Waals surface area contributed by atoms with Crippen LogP contribution in [0.3, 0.4) is 0 Å². The molecule has 16 nitrogen and oxygen atoms in total. The molecule has 0 bridgehead atoms. The highest BCUT2D eigenvalue weighted by molar-refractivity contribution is 7.45. The summed E-state index contributed by atoms with van der Waals surface area (Å²) in [5.74, 6) is -0.248. The van der Waals surface area contributed by atoms with Crippen LogP contribution in [0.5, 0.6) is 0 Å². The van der Waals surface area contributed by atoms with Gasteiger partial charge in [-0.3, -0.25) is 14.3 Å². The predicted octanol–water partition coefficient (Wildman–Crippen LogP) is -0.638. The van der Waals surface area contributed by atoms with Gasteiger partial charge in [0, 0.05) is 0 Å². The Kier molecular flexibility index (Phi) is 8.09. The van der Waals surface area contributed by atoms with Crippen LogP contribution in [-0.4, -0.2) is 74.4 Å². The molecule has 1 aliphatic rings. The molecular formula is C18H24N7O9P. The Morgan fingerprint density at radius 1 is 1.14 bits per heavy atom. The third kappa shape index (κ3) is 6.33. The number of fused-ring (bicyclic) bond motifs is 1. The van der Waals surface area contributed by atoms with Crippen molar-refractivity contribution in [3.63, 3.8) is 0 Å². The maximum atomic E-state index is 12.3. The number of nitrogens with two attached hydrogens (primary N) is 1. The minimum atomic E-state index is -4.64. The molecule has 0 saturated carbocycles. The molecule has 1 aliphatic heterocycles. The number of hydrogen-bond donors (Lipinski definition) is 8. The largest absolute Gasteiger partial charge is 0.466 e. The second-order valence-electron chi connectivity index (χ2n) is 7.37. The van der Waals surface area contributed by atoms with Gasteiger partial charge < -0.3 is 40.5 Å². The van der Waals surface area contributed by atoms with Gasteiger partial charge in [-0.2, -0.15) is 4.98 Å². The van der Waals surface area contributed by atoms with Crippen molar-refractivity contribution in [1.29, 1.82) is 0 Å². The lowest BCUT2D eigenvalue weighted by Crippen LogP contribution is -2.33. The van der Waals surface area contributed by atoms with E-state index >= 15 is 0 Å². The van der Waals surface area contributed by atoms with E-state index in [9.17, 15) is 20.1 Å². The van der Waals surface area contributed by atoms with Gasteiger partial charge in [-0.05, 0) is 24.1 Å². The van der Waals surface area contributed by atoms with Crippen LogP contribution in [0, 0.1) is 0 Å². The lowest BCUT2D eigenvalue weighted by Gasteiger charge is -2.17. The maximum Gasteiger partial charge on any atom is 0.466 e. The quantitative estimate of drug-likeness (QED) is 0.156. The molecule has 4 atom stereocenters. The number of aliphatic hydroxyl groups excluding tert-OH is 3. The summed E-state index contributed by atoms with van der Waals surface area (Å²) in [5.41, 5.74) is 6.65. The van der Waals surface area contributed by atoms with Crippen LogP contribution in [0.1, 0.15) is 18.7 Å². The standard InChI is InChI=1S/C18H21N7O5.H3O4P/c1-2-8-3-5-9(6-4-8)23-24-18-20-11-14(21-17(19)22-15(11)29)25(18)16-13(28)12(27)10(7-26)30-16;1-5(2,3)4/h3-6,10,12-13,16,26-28H,2,7H2,1H3,(H3,19,21,22,29);(H3,1,2,3,4)/t10-,12-,13-,16-;/m1./s1. The summed E-state index contributed by atoms with van der Waals surface area (Å²) in [6.45, 7) is 1.52. The number of imidazole rings is 1. The zero-order chi connectivity index (χ0) is 25.9. The third-order valence-electron chi connectivity index (χ3n) is 4.92. The van der Waals surface area contributed by atoms with Gasteiger partial charge in [-0.15, -0.1) is 10.2 Å². The van der Waals surface area contributed by atoms with Crippen LogP contribution >= 0.6 is 7.82 Å². The van der Waals surface area contributed by atoms with E-state index in [2.05, 4.69) is 25.2 Å². The minimum absolute atomic E-state index is 0.00127. The van der Waals surface area contributed by atoms with Crippen molar-refractivity contribution in [2.24, 2.45) is 10.2 Å². The van der Waals surface area contributed by atoms with Gasteiger partial charge in [-0.25, -0.2) is 9.55 Å². The Balaban J connectivity index is 0.000000623. The molecular weight excluding hydrogens is 489 g/mol. The molecule has 2 aromatic heterocycles.